The van der Waals surface area contributed by atoms with E-state index in [1.807, 2.05) is 41.2 Å². The summed E-state index contributed by atoms with van der Waals surface area (Å²) in [6, 6.07) is 10.6. The van der Waals surface area contributed by atoms with Crippen molar-refractivity contribution in [2.45, 2.75) is 13.3 Å². The summed E-state index contributed by atoms with van der Waals surface area (Å²) in [5.74, 6) is 1.13. The van der Waals surface area contributed by atoms with Crippen molar-refractivity contribution < 1.29 is 18.7 Å². The number of methoxy groups -OCH3 is 1. The minimum absolute atomic E-state index is 0.0797. The third-order valence-corrected chi connectivity index (χ3v) is 7.93. The number of piperazine rings is 1. The topological polar surface area (TPSA) is 104 Å². The minimum atomic E-state index is -0.434. The molecule has 2 N–H and O–H groups in total. The fourth-order valence-corrected chi connectivity index (χ4v) is 5.70. The second-order valence-corrected chi connectivity index (χ2v) is 10.6. The van der Waals surface area contributed by atoms with Crippen LogP contribution in [0, 0.1) is 18.7 Å². The van der Waals surface area contributed by atoms with E-state index in [0.29, 0.717) is 17.0 Å². The summed E-state index contributed by atoms with van der Waals surface area (Å²) in [6.07, 6.45) is 6.41. The zero-order valence-corrected chi connectivity index (χ0v) is 24.0. The highest BCUT2D eigenvalue weighted by molar-refractivity contribution is 5.96. The highest BCUT2D eigenvalue weighted by Crippen LogP contribution is 2.29. The second kappa shape index (κ2) is 13.1. The maximum Gasteiger partial charge on any atom is 0.254 e. The number of imidazole rings is 1. The molecule has 11 heteroatoms. The van der Waals surface area contributed by atoms with Gasteiger partial charge in [-0.2, -0.15) is 0 Å². The number of hydrogen-bond donors (Lipinski definition) is 2. The number of hydrogen-bond acceptors (Lipinski definition) is 8. The molecule has 0 unspecified atom stereocenters. The molecule has 0 aliphatic carbocycles. The Morgan fingerprint density at radius 2 is 1.95 bits per heavy atom. The van der Waals surface area contributed by atoms with Crippen LogP contribution in [0.1, 0.15) is 22.3 Å². The summed E-state index contributed by atoms with van der Waals surface area (Å²) in [7, 11) is 1.44. The Kier molecular flexibility index (Phi) is 9.09. The average molecular weight is 574 g/mol. The van der Waals surface area contributed by atoms with Crippen LogP contribution >= 0.6 is 0 Å². The largest absolute Gasteiger partial charge is 0.494 e. The lowest BCUT2D eigenvalue weighted by Gasteiger charge is -2.36. The molecule has 0 radical (unpaired) electrons. The number of benzene rings is 2. The van der Waals surface area contributed by atoms with Gasteiger partial charge in [-0.3, -0.25) is 14.1 Å². The number of amides is 1. The normalized spacial score (nSPS) is 17.1. The number of aryl methyl sites for hydroxylation is 1. The Morgan fingerprint density at radius 3 is 2.64 bits per heavy atom. The van der Waals surface area contributed by atoms with Crippen LogP contribution in [-0.4, -0.2) is 89.8 Å². The van der Waals surface area contributed by atoms with E-state index in [1.54, 1.807) is 30.7 Å². The van der Waals surface area contributed by atoms with Gasteiger partial charge in [-0.1, -0.05) is 0 Å². The standard InChI is InChI=1S/C30H34FN7O2.CH2O/c1-20-15-23(4-5-24(20)30(39)37-13-11-36(12-14-37)19-21-7-8-32-17-21)35-28-29-34-18-26(38(29)10-9-33-28)22-3-6-27(40-2)25(31)16-22;1-2/h3-6,9-10,15-16,18,21,32H,7-8,11-14,17,19H2,1-2H3,(H,33,35);1H2/t21-;/m0./s1. The molecule has 2 aromatic heterocycles. The van der Waals surface area contributed by atoms with Gasteiger partial charge in [0.25, 0.3) is 5.91 Å². The summed E-state index contributed by atoms with van der Waals surface area (Å²) in [5, 5.41) is 6.78. The molecular weight excluding hydrogens is 537 g/mol. The predicted octanol–water partition coefficient (Wildman–Crippen LogP) is 3.78. The minimum Gasteiger partial charge on any atom is -0.494 e. The van der Waals surface area contributed by atoms with Gasteiger partial charge in [0, 0.05) is 61.9 Å². The number of aromatic nitrogens is 3. The Hall–Kier alpha value is -4.35. The lowest BCUT2D eigenvalue weighted by atomic mass is 10.1. The van der Waals surface area contributed by atoms with Crippen molar-refractivity contribution in [3.63, 3.8) is 0 Å². The summed E-state index contributed by atoms with van der Waals surface area (Å²) in [4.78, 5) is 34.8. The van der Waals surface area contributed by atoms with E-state index in [1.165, 1.54) is 19.6 Å². The van der Waals surface area contributed by atoms with Crippen molar-refractivity contribution in [1.82, 2.24) is 29.5 Å². The monoisotopic (exact) mass is 573 g/mol. The van der Waals surface area contributed by atoms with Crippen LogP contribution in [0.3, 0.4) is 0 Å². The fourth-order valence-electron chi connectivity index (χ4n) is 5.70. The summed E-state index contributed by atoms with van der Waals surface area (Å²) >= 11 is 0. The Labute approximate surface area is 244 Å². The molecule has 2 fully saturated rings. The Balaban J connectivity index is 0.00000173. The molecule has 4 heterocycles. The van der Waals surface area contributed by atoms with Crippen LogP contribution in [0.2, 0.25) is 0 Å². The van der Waals surface area contributed by atoms with Gasteiger partial charge in [0.05, 0.1) is 19.0 Å². The van der Waals surface area contributed by atoms with Crippen LogP contribution in [-0.2, 0) is 4.79 Å². The number of halogens is 1. The molecule has 2 aromatic carbocycles. The zero-order valence-electron chi connectivity index (χ0n) is 24.0. The average Bonchev–Trinajstić information content (AvgIpc) is 3.69. The molecule has 2 aliphatic rings. The van der Waals surface area contributed by atoms with E-state index in [-0.39, 0.29) is 11.7 Å². The molecule has 1 atom stereocenters. The van der Waals surface area contributed by atoms with Crippen LogP contribution in [0.15, 0.2) is 55.0 Å². The van der Waals surface area contributed by atoms with Crippen molar-refractivity contribution in [2.24, 2.45) is 5.92 Å². The molecule has 6 rings (SSSR count). The van der Waals surface area contributed by atoms with Gasteiger partial charge in [-0.15, -0.1) is 0 Å². The number of rotatable bonds is 7. The third kappa shape index (κ3) is 6.12. The van der Waals surface area contributed by atoms with E-state index >= 15 is 0 Å². The van der Waals surface area contributed by atoms with Gasteiger partial charge in [-0.05, 0) is 74.3 Å². The molecular formula is C31H36FN7O3. The predicted molar refractivity (Wildman–Crippen MR) is 160 cm³/mol. The van der Waals surface area contributed by atoms with Gasteiger partial charge in [0.2, 0.25) is 0 Å². The Morgan fingerprint density at radius 1 is 1.14 bits per heavy atom. The molecule has 10 nitrogen and oxygen atoms in total. The van der Waals surface area contributed by atoms with Crippen molar-refractivity contribution in [3.8, 4) is 17.0 Å². The zero-order chi connectivity index (χ0) is 29.6. The summed E-state index contributed by atoms with van der Waals surface area (Å²) in [6.45, 7) is 10.7. The van der Waals surface area contributed by atoms with E-state index in [4.69, 9.17) is 9.53 Å². The number of nitrogens with one attached hydrogen (secondary N) is 2. The number of fused-ring (bicyclic) bond motifs is 1. The van der Waals surface area contributed by atoms with Crippen LogP contribution in [0.25, 0.3) is 16.9 Å². The van der Waals surface area contributed by atoms with Crippen molar-refractivity contribution >= 4 is 29.8 Å². The second-order valence-electron chi connectivity index (χ2n) is 10.6. The molecule has 1 amide bonds. The van der Waals surface area contributed by atoms with E-state index in [0.717, 1.165) is 74.2 Å². The highest BCUT2D eigenvalue weighted by atomic mass is 19.1. The lowest BCUT2D eigenvalue weighted by Crippen LogP contribution is -2.50. The van der Waals surface area contributed by atoms with Gasteiger partial charge >= 0.3 is 0 Å². The Bertz CT molecular complexity index is 1550. The van der Waals surface area contributed by atoms with Gasteiger partial charge in [0.15, 0.2) is 23.0 Å². The number of carbonyl (C=O) groups is 2. The van der Waals surface area contributed by atoms with Gasteiger partial charge < -0.3 is 25.1 Å². The molecule has 2 aliphatic heterocycles. The van der Waals surface area contributed by atoms with Crippen molar-refractivity contribution in [1.29, 1.82) is 0 Å². The van der Waals surface area contributed by atoms with Crippen LogP contribution < -0.4 is 15.4 Å². The maximum atomic E-state index is 14.3. The fraction of sp³-hybridized carbons (Fsp3) is 0.355. The molecule has 4 aromatic rings. The highest BCUT2D eigenvalue weighted by Gasteiger charge is 2.26. The van der Waals surface area contributed by atoms with Gasteiger partial charge in [0.1, 0.15) is 6.79 Å². The van der Waals surface area contributed by atoms with Crippen molar-refractivity contribution in [3.05, 3.63) is 71.9 Å². The first-order valence-corrected chi connectivity index (χ1v) is 14.0. The number of nitrogens with zero attached hydrogens (tertiary/aromatic N) is 5. The van der Waals surface area contributed by atoms with Crippen LogP contribution in [0.4, 0.5) is 15.9 Å². The first kappa shape index (κ1) is 29.2. The van der Waals surface area contributed by atoms with E-state index in [2.05, 4.69) is 25.5 Å². The SMILES string of the molecule is C=O.COc1ccc(-c2cnc3c(Nc4ccc(C(=O)N5CCN(C[C@H]6CCNC6)CC5)c(C)c4)nccn23)cc1F. The van der Waals surface area contributed by atoms with Crippen LogP contribution in [0.5, 0.6) is 5.75 Å². The first-order valence-electron chi connectivity index (χ1n) is 14.0. The van der Waals surface area contributed by atoms with Crippen molar-refractivity contribution in [2.75, 3.05) is 58.2 Å². The van der Waals surface area contributed by atoms with E-state index in [9.17, 15) is 9.18 Å². The molecule has 0 spiro atoms. The lowest BCUT2D eigenvalue weighted by molar-refractivity contribution is -0.0980. The molecule has 42 heavy (non-hydrogen) atoms. The third-order valence-electron chi connectivity index (χ3n) is 7.93. The quantitative estimate of drug-likeness (QED) is 0.344. The molecule has 0 bridgehead atoms. The summed E-state index contributed by atoms with van der Waals surface area (Å²) in [5.41, 5.74) is 4.45. The molecule has 2 saturated heterocycles. The first-order chi connectivity index (χ1) is 20.5. The van der Waals surface area contributed by atoms with Gasteiger partial charge in [-0.25, -0.2) is 14.4 Å². The maximum absolute atomic E-state index is 14.3. The molecule has 0 saturated carbocycles. The number of anilines is 2. The summed E-state index contributed by atoms with van der Waals surface area (Å²) < 4.78 is 21.2. The number of carbonyl (C=O) groups excluding carboxylic acids is 2. The smallest absolute Gasteiger partial charge is 0.254 e. The molecule has 220 valence electrons. The van der Waals surface area contributed by atoms with E-state index < -0.39 is 5.82 Å². The number of ether oxygens (including phenoxy) is 1.